The lowest BCUT2D eigenvalue weighted by molar-refractivity contribution is 0.196. The Bertz CT molecular complexity index is 777. The van der Waals surface area contributed by atoms with Gasteiger partial charge in [-0.25, -0.2) is 17.6 Å². The van der Waals surface area contributed by atoms with E-state index >= 15 is 0 Å². The fraction of sp³-hybridized carbons (Fsp3) is 0.312. The molecule has 1 atom stereocenters. The Hall–Kier alpha value is -1.97. The summed E-state index contributed by atoms with van der Waals surface area (Å²) in [6.07, 6.45) is 0. The molecular weight excluding hydrogens is 367 g/mol. The minimum absolute atomic E-state index is 0.134. The molecule has 2 aromatic rings. The van der Waals surface area contributed by atoms with Gasteiger partial charge >= 0.3 is 6.03 Å². The van der Waals surface area contributed by atoms with Crippen LogP contribution in [0, 0.1) is 5.82 Å². The Morgan fingerprint density at radius 2 is 1.96 bits per heavy atom. The quantitative estimate of drug-likeness (QED) is 0.682. The van der Waals surface area contributed by atoms with Gasteiger partial charge in [-0.2, -0.15) is 0 Å². The first-order chi connectivity index (χ1) is 11.9. The predicted molar refractivity (Wildman–Crippen MR) is 93.9 cm³/mol. The lowest BCUT2D eigenvalue weighted by atomic mass is 10.1. The predicted octanol–water partition coefficient (Wildman–Crippen LogP) is 2.35. The van der Waals surface area contributed by atoms with Crippen LogP contribution >= 0.6 is 11.3 Å². The smallest absolute Gasteiger partial charge is 0.314 e. The average Bonchev–Trinajstić information content (AvgIpc) is 3.12. The van der Waals surface area contributed by atoms with Crippen LogP contribution in [0.1, 0.15) is 10.8 Å². The largest absolute Gasteiger partial charge is 0.383 e. The van der Waals surface area contributed by atoms with Gasteiger partial charge in [-0.15, -0.1) is 11.3 Å². The lowest BCUT2D eigenvalue weighted by Gasteiger charge is -2.18. The first kappa shape index (κ1) is 19.4. The fourth-order valence-corrected chi connectivity index (χ4v) is 5.03. The van der Waals surface area contributed by atoms with Crippen molar-refractivity contribution < 1.29 is 22.3 Å². The molecule has 0 saturated heterocycles. The molecule has 6 nitrogen and oxygen atoms in total. The number of nitrogens with one attached hydrogen (secondary N) is 2. The van der Waals surface area contributed by atoms with Crippen LogP contribution in [0.25, 0.3) is 0 Å². The molecule has 2 amide bonds. The third-order valence-corrected chi connectivity index (χ3v) is 6.96. The summed E-state index contributed by atoms with van der Waals surface area (Å²) in [7, 11) is -2.20. The van der Waals surface area contributed by atoms with Crippen molar-refractivity contribution in [3.05, 3.63) is 53.2 Å². The van der Waals surface area contributed by atoms with Gasteiger partial charge in [0.05, 0.1) is 6.61 Å². The van der Waals surface area contributed by atoms with E-state index in [0.717, 1.165) is 11.3 Å². The minimum Gasteiger partial charge on any atom is -0.383 e. The van der Waals surface area contributed by atoms with Crippen molar-refractivity contribution in [2.24, 2.45) is 0 Å². The van der Waals surface area contributed by atoms with Crippen LogP contribution in [0.4, 0.5) is 9.18 Å². The first-order valence-corrected chi connectivity index (χ1v) is 9.91. The summed E-state index contributed by atoms with van der Waals surface area (Å²) >= 11 is 1.10. The van der Waals surface area contributed by atoms with Gasteiger partial charge in [0.15, 0.2) is 9.84 Å². The number of carbonyl (C=O) groups excluding carboxylic acids is 1. The molecule has 0 bridgehead atoms. The van der Waals surface area contributed by atoms with Gasteiger partial charge in [-0.1, -0.05) is 18.2 Å². The van der Waals surface area contributed by atoms with Crippen LogP contribution in [-0.2, 0) is 14.6 Å². The second kappa shape index (κ2) is 8.93. The molecule has 0 saturated carbocycles. The molecule has 0 aliphatic carbocycles. The highest BCUT2D eigenvalue weighted by Crippen LogP contribution is 2.31. The van der Waals surface area contributed by atoms with Crippen LogP contribution < -0.4 is 10.6 Å². The van der Waals surface area contributed by atoms with Gasteiger partial charge in [0, 0.05) is 20.2 Å². The second-order valence-corrected chi connectivity index (χ2v) is 8.45. The number of thiophene rings is 1. The Kier molecular flexibility index (Phi) is 6.91. The molecule has 2 N–H and O–H groups in total. The summed E-state index contributed by atoms with van der Waals surface area (Å²) < 4.78 is 43.9. The van der Waals surface area contributed by atoms with Crippen molar-refractivity contribution >= 4 is 27.2 Å². The lowest BCUT2D eigenvalue weighted by Crippen LogP contribution is -2.40. The summed E-state index contributed by atoms with van der Waals surface area (Å²) in [5.41, 5.74) is 0.409. The Morgan fingerprint density at radius 3 is 2.56 bits per heavy atom. The van der Waals surface area contributed by atoms with E-state index in [2.05, 4.69) is 10.6 Å². The molecule has 0 radical (unpaired) electrons. The molecule has 0 fully saturated rings. The molecule has 1 unspecified atom stereocenters. The SMILES string of the molecule is COCCNC(=O)NCC(c1ccc(F)cc1)S(=O)(=O)c1cccs1. The topological polar surface area (TPSA) is 84.5 Å². The summed E-state index contributed by atoms with van der Waals surface area (Å²) in [5, 5.41) is 5.76. The van der Waals surface area contributed by atoms with Crippen molar-refractivity contribution in [1.82, 2.24) is 10.6 Å². The number of rotatable bonds is 8. The highest BCUT2D eigenvalue weighted by Gasteiger charge is 2.30. The summed E-state index contributed by atoms with van der Waals surface area (Å²) in [6, 6.07) is 7.88. The van der Waals surface area contributed by atoms with E-state index in [1.807, 2.05) is 0 Å². The van der Waals surface area contributed by atoms with E-state index in [1.54, 1.807) is 11.4 Å². The van der Waals surface area contributed by atoms with E-state index in [1.165, 1.54) is 37.4 Å². The molecule has 0 spiro atoms. The fourth-order valence-electron chi connectivity index (χ4n) is 2.16. The Morgan fingerprint density at radius 1 is 1.24 bits per heavy atom. The molecule has 0 aliphatic heterocycles. The minimum atomic E-state index is -3.72. The van der Waals surface area contributed by atoms with E-state index in [-0.39, 0.29) is 10.8 Å². The molecule has 2 rings (SSSR count). The van der Waals surface area contributed by atoms with Gasteiger partial charge < -0.3 is 15.4 Å². The Labute approximate surface area is 149 Å². The normalized spacial score (nSPS) is 12.6. The molecule has 0 aliphatic rings. The number of sulfone groups is 1. The number of halogens is 1. The van der Waals surface area contributed by atoms with Gasteiger partial charge in [0.1, 0.15) is 15.3 Å². The zero-order valence-corrected chi connectivity index (χ0v) is 15.2. The number of carbonyl (C=O) groups is 1. The molecule has 136 valence electrons. The van der Waals surface area contributed by atoms with Gasteiger partial charge in [-0.05, 0) is 29.1 Å². The van der Waals surface area contributed by atoms with Crippen molar-refractivity contribution in [2.45, 2.75) is 9.46 Å². The van der Waals surface area contributed by atoms with E-state index in [9.17, 15) is 17.6 Å². The highest BCUT2D eigenvalue weighted by atomic mass is 32.2. The third kappa shape index (κ3) is 5.25. The number of hydrogen-bond acceptors (Lipinski definition) is 5. The van der Waals surface area contributed by atoms with Crippen LogP contribution in [-0.4, -0.2) is 41.3 Å². The summed E-state index contributed by atoms with van der Waals surface area (Å²) in [6.45, 7) is 0.522. The maximum absolute atomic E-state index is 13.2. The molecule has 9 heteroatoms. The van der Waals surface area contributed by atoms with Crippen molar-refractivity contribution in [1.29, 1.82) is 0 Å². The van der Waals surface area contributed by atoms with Crippen molar-refractivity contribution in [3.8, 4) is 0 Å². The van der Waals surface area contributed by atoms with Gasteiger partial charge in [-0.3, -0.25) is 0 Å². The number of ether oxygens (including phenoxy) is 1. The monoisotopic (exact) mass is 386 g/mol. The maximum atomic E-state index is 13.2. The zero-order chi connectivity index (χ0) is 18.3. The second-order valence-electron chi connectivity index (χ2n) is 5.15. The number of hydrogen-bond donors (Lipinski definition) is 2. The molecule has 25 heavy (non-hydrogen) atoms. The number of amides is 2. The highest BCUT2D eigenvalue weighted by molar-refractivity contribution is 7.93. The first-order valence-electron chi connectivity index (χ1n) is 7.48. The van der Waals surface area contributed by atoms with Crippen LogP contribution in [0.2, 0.25) is 0 Å². The number of urea groups is 1. The molecular formula is C16H19FN2O4S2. The third-order valence-electron chi connectivity index (χ3n) is 3.43. The van der Waals surface area contributed by atoms with Crippen molar-refractivity contribution in [2.75, 3.05) is 26.8 Å². The molecule has 1 heterocycles. The van der Waals surface area contributed by atoms with Crippen LogP contribution in [0.5, 0.6) is 0 Å². The standard InChI is InChI=1S/C16H19FN2O4S2/c1-23-9-8-18-16(20)19-11-14(12-4-6-13(17)7-5-12)25(21,22)15-3-2-10-24-15/h2-7,10,14H,8-9,11H2,1H3,(H2,18,19,20). The van der Waals surface area contributed by atoms with Gasteiger partial charge in [0.2, 0.25) is 0 Å². The van der Waals surface area contributed by atoms with E-state index < -0.39 is 26.9 Å². The maximum Gasteiger partial charge on any atom is 0.314 e. The zero-order valence-electron chi connectivity index (χ0n) is 13.6. The van der Waals surface area contributed by atoms with Gasteiger partial charge in [0.25, 0.3) is 0 Å². The number of methoxy groups -OCH3 is 1. The Balaban J connectivity index is 2.18. The summed E-state index contributed by atoms with van der Waals surface area (Å²) in [5.74, 6) is -0.457. The van der Waals surface area contributed by atoms with Crippen LogP contribution in [0.15, 0.2) is 46.0 Å². The molecule has 1 aromatic heterocycles. The summed E-state index contributed by atoms with van der Waals surface area (Å²) in [4.78, 5) is 11.8. The van der Waals surface area contributed by atoms with Crippen LogP contribution in [0.3, 0.4) is 0 Å². The average molecular weight is 386 g/mol. The van der Waals surface area contributed by atoms with Crippen molar-refractivity contribution in [3.63, 3.8) is 0 Å². The van der Waals surface area contributed by atoms with E-state index in [0.29, 0.717) is 18.7 Å². The number of benzene rings is 1. The molecule has 1 aromatic carbocycles. The van der Waals surface area contributed by atoms with E-state index in [4.69, 9.17) is 4.74 Å².